The number of hydrogen-bond donors (Lipinski definition) is 0. The number of benzene rings is 1. The van der Waals surface area contributed by atoms with E-state index in [2.05, 4.69) is 31.9 Å². The van der Waals surface area contributed by atoms with Gasteiger partial charge in [0.05, 0.1) is 12.1 Å². The summed E-state index contributed by atoms with van der Waals surface area (Å²) in [5, 5.41) is 0.467. The summed E-state index contributed by atoms with van der Waals surface area (Å²) in [6.07, 6.45) is -2.53. The fraction of sp³-hybridized carbons (Fsp3) is 0.417. The normalized spacial score (nSPS) is 10.8. The molecule has 0 atom stereocenters. The van der Waals surface area contributed by atoms with E-state index in [1.54, 1.807) is 18.2 Å². The van der Waals surface area contributed by atoms with E-state index >= 15 is 0 Å². The first-order chi connectivity index (χ1) is 8.45. The molecule has 0 fully saturated rings. The van der Waals surface area contributed by atoms with Crippen LogP contribution in [0.25, 0.3) is 0 Å². The monoisotopic (exact) mass is 383 g/mol. The number of aryl methyl sites for hydroxylation is 1. The van der Waals surface area contributed by atoms with Crippen LogP contribution >= 0.6 is 31.9 Å². The van der Waals surface area contributed by atoms with Crippen molar-refractivity contribution in [3.8, 4) is 0 Å². The fourth-order valence-corrected chi connectivity index (χ4v) is 2.60. The van der Waals surface area contributed by atoms with Crippen molar-refractivity contribution in [3.63, 3.8) is 0 Å². The van der Waals surface area contributed by atoms with Crippen LogP contribution in [0.5, 0.6) is 0 Å². The molecule has 1 amide bonds. The van der Waals surface area contributed by atoms with Gasteiger partial charge in [-0.3, -0.25) is 4.79 Å². The molecule has 1 aromatic rings. The van der Waals surface area contributed by atoms with E-state index in [9.17, 15) is 13.6 Å². The molecule has 0 N–H and O–H groups in total. The van der Waals surface area contributed by atoms with E-state index in [4.69, 9.17) is 0 Å². The highest BCUT2D eigenvalue weighted by atomic mass is 79.9. The van der Waals surface area contributed by atoms with Gasteiger partial charge >= 0.3 is 0 Å². The number of amides is 1. The second-order valence-electron chi connectivity index (χ2n) is 3.81. The third-order valence-corrected chi connectivity index (χ3v) is 3.37. The Balaban J connectivity index is 2.94. The molecule has 0 aliphatic carbocycles. The average molecular weight is 385 g/mol. The van der Waals surface area contributed by atoms with Crippen LogP contribution in [-0.4, -0.2) is 35.7 Å². The van der Waals surface area contributed by atoms with Crippen molar-refractivity contribution in [2.45, 2.75) is 13.3 Å². The summed E-state index contributed by atoms with van der Waals surface area (Å²) in [5.41, 5.74) is 1.40. The molecule has 0 aliphatic rings. The Morgan fingerprint density at radius 2 is 2.11 bits per heavy atom. The Morgan fingerprint density at radius 3 is 2.61 bits per heavy atom. The molecule has 0 saturated carbocycles. The highest BCUT2D eigenvalue weighted by Gasteiger charge is 2.20. The largest absolute Gasteiger partial charge is 0.332 e. The van der Waals surface area contributed by atoms with Gasteiger partial charge < -0.3 is 4.90 Å². The summed E-state index contributed by atoms with van der Waals surface area (Å²) < 4.78 is 25.5. The minimum absolute atomic E-state index is 0.253. The summed E-state index contributed by atoms with van der Waals surface area (Å²) in [6.45, 7) is 1.60. The van der Waals surface area contributed by atoms with Gasteiger partial charge in [0.15, 0.2) is 0 Å². The lowest BCUT2D eigenvalue weighted by Crippen LogP contribution is -2.36. The molecular formula is C12H13Br2F2NO. The van der Waals surface area contributed by atoms with Gasteiger partial charge in [0, 0.05) is 16.3 Å². The van der Waals surface area contributed by atoms with Gasteiger partial charge in [-0.15, -0.1) is 0 Å². The fourth-order valence-electron chi connectivity index (χ4n) is 1.51. The van der Waals surface area contributed by atoms with Crippen molar-refractivity contribution in [1.29, 1.82) is 0 Å². The summed E-state index contributed by atoms with van der Waals surface area (Å²) in [5.74, 6) is -0.387. The van der Waals surface area contributed by atoms with E-state index in [0.717, 1.165) is 10.5 Å². The van der Waals surface area contributed by atoms with E-state index in [0.29, 0.717) is 15.4 Å². The highest BCUT2D eigenvalue weighted by Crippen LogP contribution is 2.20. The van der Waals surface area contributed by atoms with Crippen LogP contribution in [0.4, 0.5) is 8.78 Å². The van der Waals surface area contributed by atoms with Gasteiger partial charge in [0.25, 0.3) is 12.3 Å². The quantitative estimate of drug-likeness (QED) is 0.706. The third-order valence-electron chi connectivity index (χ3n) is 2.36. The number of alkyl halides is 3. The van der Waals surface area contributed by atoms with Crippen LogP contribution in [0.1, 0.15) is 15.9 Å². The molecular weight excluding hydrogens is 372 g/mol. The van der Waals surface area contributed by atoms with Gasteiger partial charge in [-0.1, -0.05) is 22.0 Å². The number of carbonyl (C=O) groups excluding carboxylic acids is 1. The van der Waals surface area contributed by atoms with Crippen molar-refractivity contribution in [2.75, 3.05) is 18.4 Å². The first kappa shape index (κ1) is 15.6. The number of hydrogen-bond acceptors (Lipinski definition) is 1. The first-order valence-electron chi connectivity index (χ1n) is 5.35. The predicted octanol–water partition coefficient (Wildman–Crippen LogP) is 3.86. The minimum atomic E-state index is -2.53. The Morgan fingerprint density at radius 1 is 1.44 bits per heavy atom. The topological polar surface area (TPSA) is 20.3 Å². The van der Waals surface area contributed by atoms with E-state index < -0.39 is 13.0 Å². The summed E-state index contributed by atoms with van der Waals surface area (Å²) >= 11 is 6.45. The van der Waals surface area contributed by atoms with Crippen molar-refractivity contribution >= 4 is 37.8 Å². The number of halogens is 4. The summed E-state index contributed by atoms with van der Waals surface area (Å²) in [4.78, 5) is 13.3. The molecule has 6 heteroatoms. The zero-order chi connectivity index (χ0) is 13.7. The number of rotatable bonds is 5. The molecule has 1 aromatic carbocycles. The molecule has 2 nitrogen and oxygen atoms in total. The van der Waals surface area contributed by atoms with Crippen LogP contribution in [0.3, 0.4) is 0 Å². The van der Waals surface area contributed by atoms with E-state index in [-0.39, 0.29) is 12.5 Å². The Hall–Kier alpha value is -0.490. The molecule has 18 heavy (non-hydrogen) atoms. The van der Waals surface area contributed by atoms with Crippen molar-refractivity contribution in [2.24, 2.45) is 0 Å². The van der Waals surface area contributed by atoms with Crippen molar-refractivity contribution in [1.82, 2.24) is 4.90 Å². The molecule has 0 heterocycles. The van der Waals surface area contributed by atoms with Crippen LogP contribution in [0, 0.1) is 6.92 Å². The molecule has 1 rings (SSSR count). The van der Waals surface area contributed by atoms with E-state index in [1.165, 1.54) is 0 Å². The zero-order valence-electron chi connectivity index (χ0n) is 9.80. The first-order valence-corrected chi connectivity index (χ1v) is 7.26. The molecule has 0 spiro atoms. The van der Waals surface area contributed by atoms with Crippen LogP contribution in [0.2, 0.25) is 0 Å². The van der Waals surface area contributed by atoms with Gasteiger partial charge in [-0.25, -0.2) is 8.78 Å². The van der Waals surface area contributed by atoms with Gasteiger partial charge in [0.2, 0.25) is 0 Å². The van der Waals surface area contributed by atoms with Crippen molar-refractivity contribution in [3.05, 3.63) is 33.8 Å². The van der Waals surface area contributed by atoms with Crippen molar-refractivity contribution < 1.29 is 13.6 Å². The van der Waals surface area contributed by atoms with Gasteiger partial charge in [-0.05, 0) is 40.5 Å². The van der Waals surface area contributed by atoms with Crippen LogP contribution in [0.15, 0.2) is 22.7 Å². The highest BCUT2D eigenvalue weighted by molar-refractivity contribution is 9.10. The zero-order valence-corrected chi connectivity index (χ0v) is 13.0. The lowest BCUT2D eigenvalue weighted by molar-refractivity contribution is 0.0571. The molecule has 0 aromatic heterocycles. The Kier molecular flexibility index (Phi) is 6.21. The average Bonchev–Trinajstić information content (AvgIpc) is 2.27. The van der Waals surface area contributed by atoms with Crippen LogP contribution < -0.4 is 0 Å². The maximum Gasteiger partial charge on any atom is 0.255 e. The molecule has 0 radical (unpaired) electrons. The second-order valence-corrected chi connectivity index (χ2v) is 5.46. The standard InChI is InChI=1S/C12H13Br2F2NO/c1-8-2-3-9(10(14)6-8)12(18)17(5-4-13)7-11(15)16/h2-3,6,11H,4-5,7H2,1H3. The third kappa shape index (κ3) is 4.31. The SMILES string of the molecule is Cc1ccc(C(=O)N(CCBr)CC(F)F)c(Br)c1. The molecule has 0 aliphatic heterocycles. The smallest absolute Gasteiger partial charge is 0.255 e. The minimum Gasteiger partial charge on any atom is -0.332 e. The Bertz CT molecular complexity index is 427. The lowest BCUT2D eigenvalue weighted by Gasteiger charge is -2.22. The maximum atomic E-state index is 12.4. The molecule has 100 valence electrons. The number of nitrogens with zero attached hydrogens (tertiary/aromatic N) is 1. The van der Waals surface area contributed by atoms with E-state index in [1.807, 2.05) is 6.92 Å². The summed E-state index contributed by atoms with van der Waals surface area (Å²) in [7, 11) is 0. The molecule has 0 bridgehead atoms. The Labute approximate surface area is 122 Å². The predicted molar refractivity (Wildman–Crippen MR) is 74.6 cm³/mol. The second kappa shape index (κ2) is 7.19. The van der Waals surface area contributed by atoms with Crippen LogP contribution in [-0.2, 0) is 0 Å². The lowest BCUT2D eigenvalue weighted by atomic mass is 10.1. The number of carbonyl (C=O) groups is 1. The van der Waals surface area contributed by atoms with Gasteiger partial charge in [0.1, 0.15) is 0 Å². The maximum absolute atomic E-state index is 12.4. The molecule has 0 unspecified atom stereocenters. The summed E-state index contributed by atoms with van der Waals surface area (Å²) in [6, 6.07) is 5.23. The van der Waals surface area contributed by atoms with Gasteiger partial charge in [-0.2, -0.15) is 0 Å². The molecule has 0 saturated heterocycles.